The largest absolute Gasteiger partial charge is 0.332 e. The molecule has 5 heteroatoms. The van der Waals surface area contributed by atoms with E-state index in [1.54, 1.807) is 0 Å². The number of anilines is 2. The molecule has 0 aliphatic heterocycles. The van der Waals surface area contributed by atoms with Crippen LogP contribution in [0.25, 0.3) is 0 Å². The fraction of sp³-hybridized carbons (Fsp3) is 0.167. The first-order valence-electron chi connectivity index (χ1n) is 7.29. The second-order valence-electron chi connectivity index (χ2n) is 6.13. The number of para-hydroxylation sites is 1. The third-order valence-corrected chi connectivity index (χ3v) is 4.65. The van der Waals surface area contributed by atoms with Gasteiger partial charge in [0.15, 0.2) is 5.11 Å². The Morgan fingerprint density at radius 3 is 2.30 bits per heavy atom. The highest BCUT2D eigenvalue weighted by Crippen LogP contribution is 2.16. The van der Waals surface area contributed by atoms with Crippen LogP contribution in [0.1, 0.15) is 5.56 Å². The van der Waals surface area contributed by atoms with Crippen LogP contribution in [0.15, 0.2) is 48.5 Å². The van der Waals surface area contributed by atoms with E-state index in [4.69, 9.17) is 12.2 Å². The number of hydrogen-bond acceptors (Lipinski definition) is 1. The predicted octanol–water partition coefficient (Wildman–Crippen LogP) is 5.33. The second-order valence-corrected chi connectivity index (χ2v) is 12.5. The molecule has 23 heavy (non-hydrogen) atoms. The first-order valence-corrected chi connectivity index (χ1v) is 12.3. The topological polar surface area (TPSA) is 24.1 Å². The summed E-state index contributed by atoms with van der Waals surface area (Å²) in [7, 11) is -1.41. The second kappa shape index (κ2) is 7.95. The quantitative estimate of drug-likeness (QED) is 0.280. The van der Waals surface area contributed by atoms with Crippen LogP contribution in [0.2, 0.25) is 19.6 Å². The van der Waals surface area contributed by atoms with Crippen molar-refractivity contribution in [3.63, 3.8) is 0 Å². The summed E-state index contributed by atoms with van der Waals surface area (Å²) in [5.41, 5.74) is 6.26. The Kier molecular flexibility index (Phi) is 6.22. The smallest absolute Gasteiger partial charge is 0.175 e. The molecule has 0 bridgehead atoms. The molecule has 2 rings (SSSR count). The molecular formula is C18H19IN2SSi. The number of halogens is 1. The maximum absolute atomic E-state index is 5.40. The van der Waals surface area contributed by atoms with Crippen molar-refractivity contribution in [1.29, 1.82) is 0 Å². The lowest BCUT2D eigenvalue weighted by atomic mass is 10.2. The van der Waals surface area contributed by atoms with E-state index in [2.05, 4.69) is 64.3 Å². The standard InChI is InChI=1S/C18H19IN2SSi/c1-23(2,3)13-12-14-6-4-5-7-17(14)21-18(22)20-16-10-8-15(19)9-11-16/h4-11H,1-3H3,(H2,20,21,22). The molecule has 0 amide bonds. The molecule has 0 radical (unpaired) electrons. The monoisotopic (exact) mass is 450 g/mol. The maximum Gasteiger partial charge on any atom is 0.175 e. The Labute approximate surface area is 158 Å². The average Bonchev–Trinajstić information content (AvgIpc) is 2.48. The molecule has 0 aliphatic carbocycles. The van der Waals surface area contributed by atoms with Gasteiger partial charge in [0.1, 0.15) is 8.07 Å². The number of nitrogens with one attached hydrogen (secondary N) is 2. The summed E-state index contributed by atoms with van der Waals surface area (Å²) in [5, 5.41) is 7.00. The van der Waals surface area contributed by atoms with Crippen LogP contribution in [0.5, 0.6) is 0 Å². The summed E-state index contributed by atoms with van der Waals surface area (Å²) in [5.74, 6) is 3.29. The third kappa shape index (κ3) is 6.34. The van der Waals surface area contributed by atoms with Crippen molar-refractivity contribution in [2.75, 3.05) is 10.6 Å². The van der Waals surface area contributed by atoms with Gasteiger partial charge in [0.2, 0.25) is 0 Å². The van der Waals surface area contributed by atoms with Gasteiger partial charge in [0, 0.05) is 14.8 Å². The van der Waals surface area contributed by atoms with Crippen LogP contribution in [-0.4, -0.2) is 13.2 Å². The Morgan fingerprint density at radius 1 is 1.00 bits per heavy atom. The van der Waals surface area contributed by atoms with E-state index in [9.17, 15) is 0 Å². The van der Waals surface area contributed by atoms with Gasteiger partial charge in [0.25, 0.3) is 0 Å². The molecule has 0 spiro atoms. The Balaban J connectivity index is 2.11. The predicted molar refractivity (Wildman–Crippen MR) is 116 cm³/mol. The molecule has 2 N–H and O–H groups in total. The van der Waals surface area contributed by atoms with E-state index in [0.29, 0.717) is 5.11 Å². The Bertz CT molecular complexity index is 755. The molecule has 0 saturated carbocycles. The average molecular weight is 450 g/mol. The number of thiocarbonyl (C=S) groups is 1. The fourth-order valence-corrected chi connectivity index (χ4v) is 2.87. The summed E-state index contributed by atoms with van der Waals surface area (Å²) in [4.78, 5) is 0. The molecule has 2 nitrogen and oxygen atoms in total. The van der Waals surface area contributed by atoms with Crippen LogP contribution in [0.3, 0.4) is 0 Å². The van der Waals surface area contributed by atoms with Crippen molar-refractivity contribution in [2.24, 2.45) is 0 Å². The van der Waals surface area contributed by atoms with Gasteiger partial charge in [-0.2, -0.15) is 0 Å². The van der Waals surface area contributed by atoms with Gasteiger partial charge in [-0.05, 0) is 71.2 Å². The van der Waals surface area contributed by atoms with Crippen molar-refractivity contribution < 1.29 is 0 Å². The molecule has 0 saturated heterocycles. The highest BCUT2D eigenvalue weighted by Gasteiger charge is 2.08. The van der Waals surface area contributed by atoms with Gasteiger partial charge in [-0.15, -0.1) is 5.54 Å². The summed E-state index contributed by atoms with van der Waals surface area (Å²) in [6, 6.07) is 16.1. The molecular weight excluding hydrogens is 431 g/mol. The van der Waals surface area contributed by atoms with E-state index in [-0.39, 0.29) is 0 Å². The maximum atomic E-state index is 5.40. The SMILES string of the molecule is C[Si](C)(C)C#Cc1ccccc1NC(=S)Nc1ccc(I)cc1. The minimum atomic E-state index is -1.41. The van der Waals surface area contributed by atoms with Crippen LogP contribution < -0.4 is 10.6 Å². The number of benzene rings is 2. The van der Waals surface area contributed by atoms with Gasteiger partial charge in [0.05, 0.1) is 5.69 Å². The molecule has 0 unspecified atom stereocenters. The molecule has 0 heterocycles. The molecule has 2 aromatic carbocycles. The molecule has 0 aliphatic rings. The molecule has 0 fully saturated rings. The van der Waals surface area contributed by atoms with Gasteiger partial charge in [-0.1, -0.05) is 37.7 Å². The molecule has 2 aromatic rings. The number of rotatable bonds is 2. The number of hydrogen-bond donors (Lipinski definition) is 2. The third-order valence-electron chi connectivity index (χ3n) is 2.85. The van der Waals surface area contributed by atoms with E-state index in [0.717, 1.165) is 16.9 Å². The minimum Gasteiger partial charge on any atom is -0.332 e. The molecule has 0 aromatic heterocycles. The molecule has 118 valence electrons. The van der Waals surface area contributed by atoms with Crippen LogP contribution in [0.4, 0.5) is 11.4 Å². The van der Waals surface area contributed by atoms with Gasteiger partial charge < -0.3 is 10.6 Å². The van der Waals surface area contributed by atoms with E-state index >= 15 is 0 Å². The first kappa shape index (κ1) is 18.0. The van der Waals surface area contributed by atoms with Crippen molar-refractivity contribution >= 4 is 59.4 Å². The summed E-state index contributed by atoms with van der Waals surface area (Å²) in [6.07, 6.45) is 0. The van der Waals surface area contributed by atoms with E-state index in [1.807, 2.05) is 48.5 Å². The minimum absolute atomic E-state index is 0.563. The van der Waals surface area contributed by atoms with Crippen LogP contribution in [0, 0.1) is 15.0 Å². The highest BCUT2D eigenvalue weighted by molar-refractivity contribution is 14.1. The lowest BCUT2D eigenvalue weighted by molar-refractivity contribution is 1.56. The Morgan fingerprint density at radius 2 is 1.65 bits per heavy atom. The summed E-state index contributed by atoms with van der Waals surface area (Å²) in [6.45, 7) is 6.71. The highest BCUT2D eigenvalue weighted by atomic mass is 127. The van der Waals surface area contributed by atoms with Crippen molar-refractivity contribution in [1.82, 2.24) is 0 Å². The zero-order chi connectivity index (χ0) is 16.9. The zero-order valence-electron chi connectivity index (χ0n) is 13.4. The van der Waals surface area contributed by atoms with Crippen molar-refractivity contribution in [3.8, 4) is 11.5 Å². The van der Waals surface area contributed by atoms with Gasteiger partial charge in [-0.25, -0.2) is 0 Å². The summed E-state index contributed by atoms with van der Waals surface area (Å²) < 4.78 is 1.19. The van der Waals surface area contributed by atoms with E-state index in [1.165, 1.54) is 3.57 Å². The lowest BCUT2D eigenvalue weighted by Gasteiger charge is -2.12. The van der Waals surface area contributed by atoms with Gasteiger partial charge in [-0.3, -0.25) is 0 Å². The van der Waals surface area contributed by atoms with E-state index < -0.39 is 8.07 Å². The lowest BCUT2D eigenvalue weighted by Crippen LogP contribution is -2.20. The normalized spacial score (nSPS) is 10.4. The fourth-order valence-electron chi connectivity index (χ4n) is 1.77. The molecule has 0 atom stereocenters. The van der Waals surface area contributed by atoms with Gasteiger partial charge >= 0.3 is 0 Å². The van der Waals surface area contributed by atoms with Crippen molar-refractivity contribution in [2.45, 2.75) is 19.6 Å². The Hall–Kier alpha value is -1.36. The van der Waals surface area contributed by atoms with Crippen LogP contribution in [-0.2, 0) is 0 Å². The first-order chi connectivity index (χ1) is 10.8. The van der Waals surface area contributed by atoms with Crippen LogP contribution >= 0.6 is 34.8 Å². The summed E-state index contributed by atoms with van der Waals surface area (Å²) >= 11 is 7.68. The zero-order valence-corrected chi connectivity index (χ0v) is 17.4. The van der Waals surface area contributed by atoms with Crippen molar-refractivity contribution in [3.05, 3.63) is 57.7 Å².